The molecule has 2 N–H and O–H groups in total. The third-order valence-electron chi connectivity index (χ3n) is 6.86. The van der Waals surface area contributed by atoms with Crippen LogP contribution in [-0.4, -0.2) is 24.7 Å². The summed E-state index contributed by atoms with van der Waals surface area (Å²) in [4.78, 5) is 15.1. The van der Waals surface area contributed by atoms with Crippen molar-refractivity contribution in [2.75, 3.05) is 23.3 Å². The van der Waals surface area contributed by atoms with Crippen LogP contribution in [0.25, 0.3) is 0 Å². The van der Waals surface area contributed by atoms with Gasteiger partial charge in [-0.05, 0) is 92.3 Å². The summed E-state index contributed by atoms with van der Waals surface area (Å²) in [5.41, 5.74) is 5.45. The van der Waals surface area contributed by atoms with Crippen molar-refractivity contribution in [3.05, 3.63) is 94.6 Å². The number of amides is 2. The molecule has 35 heavy (non-hydrogen) atoms. The largest absolute Gasteiger partial charge is 0.371 e. The first kappa shape index (κ1) is 23.3. The SMILES string of the molecule is CC(C)(C)NC(=O)Nc1cc2c3c(c1)[C@H](c1cccc(F)c1)CCN3CC[C@H]2c1cccc(F)c1. The molecule has 2 aliphatic rings. The highest BCUT2D eigenvalue weighted by atomic mass is 19.1. The van der Waals surface area contributed by atoms with Crippen LogP contribution in [0.15, 0.2) is 60.7 Å². The Labute approximate surface area is 205 Å². The number of benzene rings is 3. The van der Waals surface area contributed by atoms with Gasteiger partial charge in [-0.1, -0.05) is 24.3 Å². The Bertz CT molecular complexity index is 1190. The van der Waals surface area contributed by atoms with Crippen LogP contribution in [-0.2, 0) is 0 Å². The molecule has 0 saturated heterocycles. The van der Waals surface area contributed by atoms with E-state index >= 15 is 0 Å². The van der Waals surface area contributed by atoms with Crippen molar-refractivity contribution in [2.24, 2.45) is 0 Å². The fraction of sp³-hybridized carbons (Fsp3) is 0.345. The molecule has 0 aliphatic carbocycles. The molecule has 5 rings (SSSR count). The van der Waals surface area contributed by atoms with Gasteiger partial charge in [-0.15, -0.1) is 0 Å². The van der Waals surface area contributed by atoms with Crippen molar-refractivity contribution in [2.45, 2.75) is 51.0 Å². The number of rotatable bonds is 3. The molecule has 182 valence electrons. The Balaban J connectivity index is 1.64. The van der Waals surface area contributed by atoms with E-state index in [2.05, 4.69) is 15.5 Å². The minimum absolute atomic E-state index is 0.00869. The summed E-state index contributed by atoms with van der Waals surface area (Å²) in [6.45, 7) is 7.53. The van der Waals surface area contributed by atoms with E-state index < -0.39 is 0 Å². The summed E-state index contributed by atoms with van der Waals surface area (Å²) in [6.07, 6.45) is 1.72. The van der Waals surface area contributed by atoms with Crippen LogP contribution in [0.4, 0.5) is 25.0 Å². The van der Waals surface area contributed by atoms with Gasteiger partial charge in [0.1, 0.15) is 11.6 Å². The highest BCUT2D eigenvalue weighted by molar-refractivity contribution is 5.91. The Kier molecular flexibility index (Phi) is 5.99. The van der Waals surface area contributed by atoms with Crippen molar-refractivity contribution < 1.29 is 13.6 Å². The summed E-state index contributed by atoms with van der Waals surface area (Å²) in [7, 11) is 0. The van der Waals surface area contributed by atoms with E-state index in [1.165, 1.54) is 12.1 Å². The van der Waals surface area contributed by atoms with Crippen molar-refractivity contribution in [1.82, 2.24) is 5.32 Å². The zero-order valence-corrected chi connectivity index (χ0v) is 20.4. The molecule has 2 atom stereocenters. The van der Waals surface area contributed by atoms with E-state index in [0.29, 0.717) is 5.69 Å². The second-order valence-electron chi connectivity index (χ2n) is 10.6. The van der Waals surface area contributed by atoms with Crippen LogP contribution in [0.1, 0.15) is 67.7 Å². The molecule has 0 spiro atoms. The highest BCUT2D eigenvalue weighted by Gasteiger charge is 2.35. The Morgan fingerprint density at radius 3 is 1.83 bits per heavy atom. The molecule has 2 heterocycles. The van der Waals surface area contributed by atoms with Crippen molar-refractivity contribution in [3.63, 3.8) is 0 Å². The molecule has 2 amide bonds. The van der Waals surface area contributed by atoms with Crippen molar-refractivity contribution in [3.8, 4) is 0 Å². The Morgan fingerprint density at radius 2 is 1.37 bits per heavy atom. The van der Waals surface area contributed by atoms with Crippen LogP contribution >= 0.6 is 0 Å². The molecule has 2 aliphatic heterocycles. The van der Waals surface area contributed by atoms with Gasteiger partial charge in [0.05, 0.1) is 0 Å². The fourth-order valence-electron chi connectivity index (χ4n) is 5.51. The van der Waals surface area contributed by atoms with E-state index in [-0.39, 0.29) is 35.0 Å². The maximum Gasteiger partial charge on any atom is 0.319 e. The molecule has 3 aromatic rings. The predicted molar refractivity (Wildman–Crippen MR) is 136 cm³/mol. The van der Waals surface area contributed by atoms with E-state index in [1.54, 1.807) is 24.3 Å². The highest BCUT2D eigenvalue weighted by Crippen LogP contribution is 2.49. The van der Waals surface area contributed by atoms with Crippen molar-refractivity contribution >= 4 is 17.4 Å². The van der Waals surface area contributed by atoms with E-state index in [1.807, 2.05) is 45.0 Å². The fourth-order valence-corrected chi connectivity index (χ4v) is 5.51. The number of halogens is 2. The van der Waals surface area contributed by atoms with E-state index in [9.17, 15) is 13.6 Å². The van der Waals surface area contributed by atoms with Gasteiger partial charge in [-0.2, -0.15) is 0 Å². The zero-order valence-electron chi connectivity index (χ0n) is 20.4. The zero-order chi connectivity index (χ0) is 24.7. The van der Waals surface area contributed by atoms with Gasteiger partial charge in [-0.3, -0.25) is 0 Å². The first-order valence-electron chi connectivity index (χ1n) is 12.2. The molecule has 0 radical (unpaired) electrons. The lowest BCUT2D eigenvalue weighted by atomic mass is 9.76. The third-order valence-corrected chi connectivity index (χ3v) is 6.86. The maximum atomic E-state index is 14.2. The normalized spacial score (nSPS) is 19.2. The smallest absolute Gasteiger partial charge is 0.319 e. The number of nitrogens with one attached hydrogen (secondary N) is 2. The molecule has 3 aromatic carbocycles. The topological polar surface area (TPSA) is 44.4 Å². The first-order chi connectivity index (χ1) is 16.7. The quantitative estimate of drug-likeness (QED) is 0.439. The lowest BCUT2D eigenvalue weighted by Crippen LogP contribution is -2.43. The first-order valence-corrected chi connectivity index (χ1v) is 12.2. The van der Waals surface area contributed by atoms with Gasteiger partial charge in [0, 0.05) is 41.8 Å². The van der Waals surface area contributed by atoms with E-state index in [0.717, 1.165) is 53.9 Å². The number of anilines is 2. The monoisotopic (exact) mass is 475 g/mol. The molecule has 4 nitrogen and oxygen atoms in total. The van der Waals surface area contributed by atoms with Gasteiger partial charge < -0.3 is 15.5 Å². The predicted octanol–water partition coefficient (Wildman–Crippen LogP) is 6.76. The van der Waals surface area contributed by atoms with E-state index in [4.69, 9.17) is 0 Å². The minimum Gasteiger partial charge on any atom is -0.371 e. The van der Waals surface area contributed by atoms with Gasteiger partial charge in [0.2, 0.25) is 0 Å². The van der Waals surface area contributed by atoms with Crippen LogP contribution in [0.2, 0.25) is 0 Å². The second kappa shape index (κ2) is 8.99. The number of carbonyl (C=O) groups excluding carboxylic acids is 1. The average Bonchev–Trinajstić information content (AvgIpc) is 2.78. The minimum atomic E-state index is -0.377. The van der Waals surface area contributed by atoms with Gasteiger partial charge in [0.25, 0.3) is 0 Å². The summed E-state index contributed by atoms with van der Waals surface area (Å²) in [5.74, 6) is -0.491. The average molecular weight is 476 g/mol. The molecule has 0 aromatic heterocycles. The summed E-state index contributed by atoms with van der Waals surface area (Å²) in [5, 5.41) is 5.96. The lowest BCUT2D eigenvalue weighted by molar-refractivity contribution is 0.244. The van der Waals surface area contributed by atoms with Gasteiger partial charge in [0.15, 0.2) is 0 Å². The molecule has 0 bridgehead atoms. The second-order valence-corrected chi connectivity index (χ2v) is 10.6. The van der Waals surface area contributed by atoms with Crippen molar-refractivity contribution in [1.29, 1.82) is 0 Å². The number of hydrogen-bond donors (Lipinski definition) is 2. The van der Waals surface area contributed by atoms with Crippen LogP contribution in [0, 0.1) is 11.6 Å². The molecular formula is C29H31F2N3O. The number of hydrogen-bond acceptors (Lipinski definition) is 2. The standard InChI is InChI=1S/C29H31F2N3O/c1-29(2,3)33-28(35)32-22-16-25-23(18-6-4-8-20(30)14-18)10-12-34-13-11-24(26(17-22)27(25)34)19-7-5-9-21(31)15-19/h4-9,14-17,23-24H,10-13H2,1-3H3,(H2,32,33,35)/t23-,24-/m0/s1. The Hall–Kier alpha value is -3.41. The number of urea groups is 1. The maximum absolute atomic E-state index is 14.2. The summed E-state index contributed by atoms with van der Waals surface area (Å²) >= 11 is 0. The molecule has 0 fully saturated rings. The number of carbonyl (C=O) groups is 1. The summed E-state index contributed by atoms with van der Waals surface area (Å²) < 4.78 is 28.3. The molecular weight excluding hydrogens is 444 g/mol. The molecule has 0 unspecified atom stereocenters. The van der Waals surface area contributed by atoms with Crippen LogP contribution in [0.3, 0.4) is 0 Å². The lowest BCUT2D eigenvalue weighted by Gasteiger charge is -2.43. The van der Waals surface area contributed by atoms with Crippen LogP contribution in [0.5, 0.6) is 0 Å². The van der Waals surface area contributed by atoms with Gasteiger partial charge >= 0.3 is 6.03 Å². The molecule has 6 heteroatoms. The van der Waals surface area contributed by atoms with Crippen LogP contribution < -0.4 is 15.5 Å². The van der Waals surface area contributed by atoms with Gasteiger partial charge in [-0.25, -0.2) is 13.6 Å². The summed E-state index contributed by atoms with van der Waals surface area (Å²) in [6, 6.07) is 17.3. The molecule has 0 saturated carbocycles. The third kappa shape index (κ3) is 4.88. The Morgan fingerprint density at radius 1 is 0.857 bits per heavy atom. The number of nitrogens with zero attached hydrogens (tertiary/aromatic N) is 1.